The Labute approximate surface area is 75.6 Å². The molecule has 0 amide bonds. The number of hydrogen-bond donors (Lipinski definition) is 1. The molecule has 1 aromatic rings. The summed E-state index contributed by atoms with van der Waals surface area (Å²) >= 11 is 6.96. The second-order valence-corrected chi connectivity index (χ2v) is 3.89. The summed E-state index contributed by atoms with van der Waals surface area (Å²) in [5.41, 5.74) is 6.64. The summed E-state index contributed by atoms with van der Waals surface area (Å²) < 4.78 is 0.900. The molecular weight excluding hydrogens is 317 g/mol. The van der Waals surface area contributed by atoms with Crippen LogP contribution in [0.25, 0.3) is 0 Å². The van der Waals surface area contributed by atoms with Crippen LogP contribution in [0.2, 0.25) is 5.02 Å². The van der Waals surface area contributed by atoms with Crippen LogP contribution in [0.3, 0.4) is 0 Å². The molecule has 2 N–H and O–H groups in total. The molecule has 0 atom stereocenters. The van der Waals surface area contributed by atoms with E-state index in [9.17, 15) is 0 Å². The Morgan fingerprint density at radius 3 is 2.20 bits per heavy atom. The second kappa shape index (κ2) is 3.43. The average molecular weight is 323 g/mol. The molecule has 3 heteroatoms. The van der Waals surface area contributed by atoms with Crippen molar-refractivity contribution < 1.29 is 19.4 Å². The molecule has 0 saturated carbocycles. The van der Waals surface area contributed by atoms with Gasteiger partial charge in [0.25, 0.3) is 0 Å². The van der Waals surface area contributed by atoms with E-state index < -0.39 is 0 Å². The first-order chi connectivity index (χ1) is 4.70. The van der Waals surface area contributed by atoms with Gasteiger partial charge in [-0.25, -0.2) is 0 Å². The third kappa shape index (κ3) is 2.02. The summed E-state index contributed by atoms with van der Waals surface area (Å²) in [7, 11) is 0. The maximum absolute atomic E-state index is 5.67. The van der Waals surface area contributed by atoms with Crippen molar-refractivity contribution in [1.29, 1.82) is 0 Å². The summed E-state index contributed by atoms with van der Waals surface area (Å²) in [5, 5.41) is 0.750. The van der Waals surface area contributed by atoms with Gasteiger partial charge in [0.1, 0.15) is 0 Å². The van der Waals surface area contributed by atoms with Crippen LogP contribution in [-0.4, -0.2) is 4.02 Å². The van der Waals surface area contributed by atoms with Gasteiger partial charge in [0.15, 0.2) is 0 Å². The molecule has 0 fully saturated rings. The molecule has 10 heavy (non-hydrogen) atoms. The van der Waals surface area contributed by atoms with Gasteiger partial charge in [0.05, 0.1) is 0 Å². The average Bonchev–Trinajstić information content (AvgIpc) is 1.88. The standard InChI is InChI=1S/C7H6ClN.W/c8-7-3-1-6(5-9)2-4-7;/h1-4H,9H2;. The van der Waals surface area contributed by atoms with Gasteiger partial charge >= 0.3 is 75.6 Å². The summed E-state index contributed by atoms with van der Waals surface area (Å²) in [6, 6.07) is 7.52. The van der Waals surface area contributed by atoms with E-state index in [-0.39, 0.29) is 0 Å². The molecule has 1 aromatic carbocycles. The van der Waals surface area contributed by atoms with Crippen LogP contribution in [-0.2, 0) is 19.4 Å². The van der Waals surface area contributed by atoms with Crippen molar-refractivity contribution in [1.82, 2.24) is 0 Å². The summed E-state index contributed by atoms with van der Waals surface area (Å²) in [5.74, 6) is 0. The molecule has 0 unspecified atom stereocenters. The van der Waals surface area contributed by atoms with Crippen molar-refractivity contribution in [2.24, 2.45) is 5.73 Å². The van der Waals surface area contributed by atoms with Crippen molar-refractivity contribution in [3.05, 3.63) is 34.9 Å². The second-order valence-electron chi connectivity index (χ2n) is 1.87. The van der Waals surface area contributed by atoms with Gasteiger partial charge in [-0.15, -0.1) is 0 Å². The zero-order valence-corrected chi connectivity index (χ0v) is 8.86. The maximum atomic E-state index is 5.67. The molecule has 0 aliphatic heterocycles. The van der Waals surface area contributed by atoms with Crippen LogP contribution < -0.4 is 5.73 Å². The number of hydrogen-bond acceptors (Lipinski definition) is 1. The van der Waals surface area contributed by atoms with Crippen molar-refractivity contribution in [3.8, 4) is 0 Å². The van der Waals surface area contributed by atoms with Gasteiger partial charge in [0, 0.05) is 0 Å². The Morgan fingerprint density at radius 1 is 1.30 bits per heavy atom. The van der Waals surface area contributed by atoms with Gasteiger partial charge in [0.2, 0.25) is 0 Å². The van der Waals surface area contributed by atoms with Gasteiger partial charge in [-0.05, 0) is 0 Å². The van der Waals surface area contributed by atoms with Gasteiger partial charge in [-0.1, -0.05) is 0 Å². The van der Waals surface area contributed by atoms with E-state index in [1.807, 2.05) is 24.3 Å². The predicted molar refractivity (Wildman–Crippen MR) is 39.7 cm³/mol. The van der Waals surface area contributed by atoms with Crippen molar-refractivity contribution in [3.63, 3.8) is 0 Å². The normalized spacial score (nSPS) is 9.40. The van der Waals surface area contributed by atoms with E-state index >= 15 is 0 Å². The Bertz CT molecular complexity index is 242. The number of rotatable bonds is 1. The molecule has 0 aliphatic rings. The van der Waals surface area contributed by atoms with Crippen LogP contribution in [0.1, 0.15) is 5.56 Å². The Hall–Kier alpha value is 0.0283. The van der Waals surface area contributed by atoms with Crippen molar-refractivity contribution >= 4 is 15.6 Å². The van der Waals surface area contributed by atoms with E-state index in [2.05, 4.69) is 0 Å². The Balaban J connectivity index is 3.00. The number of halogens is 1. The minimum atomic E-state index is 0.750. The molecule has 0 bridgehead atoms. The molecule has 0 heterocycles. The van der Waals surface area contributed by atoms with E-state index in [4.69, 9.17) is 17.3 Å². The summed E-state index contributed by atoms with van der Waals surface area (Å²) in [6.07, 6.45) is 0. The monoisotopic (exact) mass is 323 g/mol. The molecule has 0 spiro atoms. The number of nitrogens with two attached hydrogens (primary N) is 1. The van der Waals surface area contributed by atoms with Crippen molar-refractivity contribution in [2.45, 2.75) is 0 Å². The third-order valence-electron chi connectivity index (χ3n) is 1.13. The molecule has 0 aliphatic carbocycles. The predicted octanol–water partition coefficient (Wildman–Crippen LogP) is 1.32. The van der Waals surface area contributed by atoms with Gasteiger partial charge < -0.3 is 0 Å². The first-order valence-electron chi connectivity index (χ1n) is 2.75. The SMILES string of the molecule is N[C](=[W])c1ccc(Cl)cc1. The number of benzene rings is 1. The minimum absolute atomic E-state index is 0.750. The molecular formula is C7H6ClNW. The summed E-state index contributed by atoms with van der Waals surface area (Å²) in [6.45, 7) is 0. The topological polar surface area (TPSA) is 26.0 Å². The molecule has 0 aromatic heterocycles. The molecule has 1 rings (SSSR count). The zero-order valence-electron chi connectivity index (χ0n) is 5.17. The van der Waals surface area contributed by atoms with E-state index in [0.717, 1.165) is 14.6 Å². The first-order valence-corrected chi connectivity index (χ1v) is 4.60. The molecule has 52 valence electrons. The zero-order chi connectivity index (χ0) is 7.56. The molecule has 0 saturated heterocycles. The Kier molecular flexibility index (Phi) is 2.79. The first kappa shape index (κ1) is 8.13. The fourth-order valence-corrected chi connectivity index (χ4v) is 1.23. The molecule has 1 nitrogen and oxygen atoms in total. The Morgan fingerprint density at radius 2 is 1.80 bits per heavy atom. The van der Waals surface area contributed by atoms with Gasteiger partial charge in [-0.3, -0.25) is 0 Å². The van der Waals surface area contributed by atoms with Crippen LogP contribution in [0.15, 0.2) is 24.3 Å². The van der Waals surface area contributed by atoms with Crippen LogP contribution in [0.4, 0.5) is 0 Å². The van der Waals surface area contributed by atoms with Crippen LogP contribution in [0, 0.1) is 0 Å². The van der Waals surface area contributed by atoms with Crippen LogP contribution >= 0.6 is 11.6 Å². The third-order valence-corrected chi connectivity index (χ3v) is 2.23. The van der Waals surface area contributed by atoms with E-state index in [0.29, 0.717) is 0 Å². The quantitative estimate of drug-likeness (QED) is 0.829. The molecule has 0 radical (unpaired) electrons. The van der Waals surface area contributed by atoms with Crippen LogP contribution in [0.5, 0.6) is 0 Å². The summed E-state index contributed by atoms with van der Waals surface area (Å²) in [4.78, 5) is 0. The fraction of sp³-hybridized carbons (Fsp3) is 0. The van der Waals surface area contributed by atoms with E-state index in [1.54, 1.807) is 0 Å². The van der Waals surface area contributed by atoms with E-state index in [1.165, 1.54) is 19.4 Å². The fourth-order valence-electron chi connectivity index (χ4n) is 0.614. The van der Waals surface area contributed by atoms with Gasteiger partial charge in [-0.2, -0.15) is 0 Å². The van der Waals surface area contributed by atoms with Crippen molar-refractivity contribution in [2.75, 3.05) is 0 Å².